The van der Waals surface area contributed by atoms with Gasteiger partial charge in [0.15, 0.2) is 5.79 Å². The van der Waals surface area contributed by atoms with Crippen LogP contribution in [0.25, 0.3) is 0 Å². The maximum absolute atomic E-state index is 5.80. The molecule has 0 bridgehead atoms. The van der Waals surface area contributed by atoms with Gasteiger partial charge in [0.25, 0.3) is 0 Å². The molecule has 1 heterocycles. The average Bonchev–Trinajstić information content (AvgIpc) is 2.30. The van der Waals surface area contributed by atoms with Gasteiger partial charge in [0, 0.05) is 6.42 Å². The summed E-state index contributed by atoms with van der Waals surface area (Å²) in [7, 11) is 0. The van der Waals surface area contributed by atoms with Crippen LogP contribution < -0.4 is 0 Å². The molecule has 1 fully saturated rings. The summed E-state index contributed by atoms with van der Waals surface area (Å²) in [5, 5.41) is 0. The van der Waals surface area contributed by atoms with Crippen LogP contribution in [0.4, 0.5) is 0 Å². The summed E-state index contributed by atoms with van der Waals surface area (Å²) < 4.78 is 11.6. The Hall–Kier alpha value is -0.0800. The molecule has 0 unspecified atom stereocenters. The second-order valence-electron chi connectivity index (χ2n) is 4.48. The molecule has 0 amide bonds. The van der Waals surface area contributed by atoms with Gasteiger partial charge < -0.3 is 9.47 Å². The molecule has 0 radical (unpaired) electrons. The standard InChI is InChI=1S/C13H26O2/c1-3-5-6-7-8-10-13(4-2)14-11-9-12-15-13/h3-12H2,1-2H3. The lowest BCUT2D eigenvalue weighted by Gasteiger charge is -2.36. The van der Waals surface area contributed by atoms with Crippen LogP contribution in [0, 0.1) is 0 Å². The Morgan fingerprint density at radius 2 is 1.60 bits per heavy atom. The lowest BCUT2D eigenvalue weighted by molar-refractivity contribution is -0.271. The molecule has 1 aliphatic rings. The van der Waals surface area contributed by atoms with Crippen LogP contribution in [0.1, 0.15) is 65.2 Å². The molecule has 1 aliphatic heterocycles. The highest BCUT2D eigenvalue weighted by molar-refractivity contribution is 4.71. The van der Waals surface area contributed by atoms with Crippen molar-refractivity contribution in [2.75, 3.05) is 13.2 Å². The Morgan fingerprint density at radius 3 is 2.20 bits per heavy atom. The van der Waals surface area contributed by atoms with Crippen molar-refractivity contribution in [2.24, 2.45) is 0 Å². The summed E-state index contributed by atoms with van der Waals surface area (Å²) in [6, 6.07) is 0. The number of hydrogen-bond donors (Lipinski definition) is 0. The van der Waals surface area contributed by atoms with Gasteiger partial charge in [-0.1, -0.05) is 39.5 Å². The molecule has 0 aliphatic carbocycles. The summed E-state index contributed by atoms with van der Waals surface area (Å²) in [6.07, 6.45) is 9.71. The van der Waals surface area contributed by atoms with Crippen molar-refractivity contribution in [1.29, 1.82) is 0 Å². The summed E-state index contributed by atoms with van der Waals surface area (Å²) >= 11 is 0. The molecule has 0 N–H and O–H groups in total. The van der Waals surface area contributed by atoms with Gasteiger partial charge >= 0.3 is 0 Å². The highest BCUT2D eigenvalue weighted by Gasteiger charge is 2.31. The van der Waals surface area contributed by atoms with E-state index in [1.54, 1.807) is 0 Å². The number of rotatable bonds is 7. The monoisotopic (exact) mass is 214 g/mol. The van der Waals surface area contributed by atoms with Gasteiger partial charge in [-0.3, -0.25) is 0 Å². The molecule has 1 rings (SSSR count). The Morgan fingerprint density at radius 1 is 0.933 bits per heavy atom. The molecule has 2 heteroatoms. The smallest absolute Gasteiger partial charge is 0.168 e. The zero-order valence-corrected chi connectivity index (χ0v) is 10.4. The molecule has 0 atom stereocenters. The van der Waals surface area contributed by atoms with Gasteiger partial charge in [-0.05, 0) is 19.3 Å². The van der Waals surface area contributed by atoms with E-state index < -0.39 is 0 Å². The summed E-state index contributed by atoms with van der Waals surface area (Å²) in [5.74, 6) is -0.232. The molecular formula is C13H26O2. The van der Waals surface area contributed by atoms with Crippen molar-refractivity contribution in [3.8, 4) is 0 Å². The largest absolute Gasteiger partial charge is 0.350 e. The fourth-order valence-corrected chi connectivity index (χ4v) is 2.14. The van der Waals surface area contributed by atoms with E-state index in [0.717, 1.165) is 32.5 Å². The quantitative estimate of drug-likeness (QED) is 0.599. The lowest BCUT2D eigenvalue weighted by atomic mass is 10.0. The average molecular weight is 214 g/mol. The molecule has 90 valence electrons. The Kier molecular flexibility index (Phi) is 6.26. The first kappa shape index (κ1) is 13.0. The second-order valence-corrected chi connectivity index (χ2v) is 4.48. The molecule has 0 aromatic carbocycles. The Labute approximate surface area is 94.3 Å². The summed E-state index contributed by atoms with van der Waals surface area (Å²) in [5.41, 5.74) is 0. The van der Waals surface area contributed by atoms with Crippen molar-refractivity contribution >= 4 is 0 Å². The first-order chi connectivity index (χ1) is 7.33. The third kappa shape index (κ3) is 4.52. The predicted octanol–water partition coefficient (Wildman–Crippen LogP) is 3.89. The molecule has 0 aromatic heterocycles. The normalized spacial score (nSPS) is 20.4. The van der Waals surface area contributed by atoms with Crippen molar-refractivity contribution in [3.05, 3.63) is 0 Å². The highest BCUT2D eigenvalue weighted by atomic mass is 16.7. The van der Waals surface area contributed by atoms with Crippen LogP contribution in [-0.2, 0) is 9.47 Å². The van der Waals surface area contributed by atoms with E-state index in [1.807, 2.05) is 0 Å². The van der Waals surface area contributed by atoms with Gasteiger partial charge in [-0.25, -0.2) is 0 Å². The maximum Gasteiger partial charge on any atom is 0.168 e. The van der Waals surface area contributed by atoms with Gasteiger partial charge in [0.05, 0.1) is 13.2 Å². The van der Waals surface area contributed by atoms with E-state index in [0.29, 0.717) is 0 Å². The number of ether oxygens (including phenoxy) is 2. The summed E-state index contributed by atoms with van der Waals surface area (Å²) in [6.45, 7) is 6.17. The first-order valence-corrected chi connectivity index (χ1v) is 6.61. The van der Waals surface area contributed by atoms with Gasteiger partial charge in [0.2, 0.25) is 0 Å². The van der Waals surface area contributed by atoms with Crippen LogP contribution in [0.2, 0.25) is 0 Å². The topological polar surface area (TPSA) is 18.5 Å². The molecule has 1 saturated heterocycles. The van der Waals surface area contributed by atoms with Crippen LogP contribution in [0.5, 0.6) is 0 Å². The van der Waals surface area contributed by atoms with Crippen molar-refractivity contribution in [1.82, 2.24) is 0 Å². The zero-order valence-electron chi connectivity index (χ0n) is 10.4. The fraction of sp³-hybridized carbons (Fsp3) is 1.00. The Bertz CT molecular complexity index is 151. The number of hydrogen-bond acceptors (Lipinski definition) is 2. The molecule has 2 nitrogen and oxygen atoms in total. The van der Waals surface area contributed by atoms with E-state index in [1.165, 1.54) is 32.1 Å². The first-order valence-electron chi connectivity index (χ1n) is 6.61. The van der Waals surface area contributed by atoms with E-state index in [4.69, 9.17) is 9.47 Å². The second kappa shape index (κ2) is 7.24. The molecule has 0 aromatic rings. The van der Waals surface area contributed by atoms with E-state index in [2.05, 4.69) is 13.8 Å². The van der Waals surface area contributed by atoms with E-state index in [9.17, 15) is 0 Å². The third-order valence-electron chi connectivity index (χ3n) is 3.22. The van der Waals surface area contributed by atoms with Crippen molar-refractivity contribution in [2.45, 2.75) is 71.0 Å². The molecule has 0 spiro atoms. The van der Waals surface area contributed by atoms with Gasteiger partial charge in [-0.2, -0.15) is 0 Å². The highest BCUT2D eigenvalue weighted by Crippen LogP contribution is 2.28. The van der Waals surface area contributed by atoms with E-state index in [-0.39, 0.29) is 5.79 Å². The van der Waals surface area contributed by atoms with Gasteiger partial charge in [-0.15, -0.1) is 0 Å². The molecular weight excluding hydrogens is 188 g/mol. The van der Waals surface area contributed by atoms with Gasteiger partial charge in [0.1, 0.15) is 0 Å². The third-order valence-corrected chi connectivity index (χ3v) is 3.22. The minimum absolute atomic E-state index is 0.232. The van der Waals surface area contributed by atoms with E-state index >= 15 is 0 Å². The van der Waals surface area contributed by atoms with Crippen LogP contribution in [0.3, 0.4) is 0 Å². The SMILES string of the molecule is CCCCCCCC1(CC)OCCCO1. The molecule has 15 heavy (non-hydrogen) atoms. The predicted molar refractivity (Wildman–Crippen MR) is 62.9 cm³/mol. The van der Waals surface area contributed by atoms with Crippen molar-refractivity contribution < 1.29 is 9.47 Å². The van der Waals surface area contributed by atoms with Crippen molar-refractivity contribution in [3.63, 3.8) is 0 Å². The van der Waals surface area contributed by atoms with Crippen LogP contribution in [-0.4, -0.2) is 19.0 Å². The summed E-state index contributed by atoms with van der Waals surface area (Å²) in [4.78, 5) is 0. The Balaban J connectivity index is 2.15. The number of unbranched alkanes of at least 4 members (excludes halogenated alkanes) is 4. The lowest BCUT2D eigenvalue weighted by Crippen LogP contribution is -2.39. The fourth-order valence-electron chi connectivity index (χ4n) is 2.14. The van der Waals surface area contributed by atoms with Crippen LogP contribution >= 0.6 is 0 Å². The zero-order chi connectivity index (χ0) is 11.0. The minimum Gasteiger partial charge on any atom is -0.350 e. The minimum atomic E-state index is -0.232. The maximum atomic E-state index is 5.80. The molecule has 0 saturated carbocycles. The van der Waals surface area contributed by atoms with Crippen LogP contribution in [0.15, 0.2) is 0 Å².